The molecule has 3 heterocycles. The summed E-state index contributed by atoms with van der Waals surface area (Å²) in [6.45, 7) is 8.47. The molecule has 1 atom stereocenters. The molecule has 30 heavy (non-hydrogen) atoms. The smallest absolute Gasteiger partial charge is 0.226 e. The van der Waals surface area contributed by atoms with Gasteiger partial charge >= 0.3 is 0 Å². The molecule has 152 valence electrons. The van der Waals surface area contributed by atoms with Crippen molar-refractivity contribution in [3.8, 4) is 5.13 Å². The Morgan fingerprint density at radius 2 is 1.90 bits per heavy atom. The number of anilines is 1. The van der Waals surface area contributed by atoms with Gasteiger partial charge < -0.3 is 5.32 Å². The van der Waals surface area contributed by atoms with Gasteiger partial charge in [0.25, 0.3) is 0 Å². The number of aromatic nitrogens is 3. The number of carbonyl (C=O) groups is 1. The largest absolute Gasteiger partial charge is 0.310 e. The zero-order valence-electron chi connectivity index (χ0n) is 17.6. The maximum absolute atomic E-state index is 12.6. The molecule has 5 rings (SSSR count). The molecule has 6 heteroatoms. The predicted octanol–water partition coefficient (Wildman–Crippen LogP) is 5.70. The van der Waals surface area contributed by atoms with Gasteiger partial charge in [-0.2, -0.15) is 9.78 Å². The van der Waals surface area contributed by atoms with Gasteiger partial charge in [0, 0.05) is 17.9 Å². The van der Waals surface area contributed by atoms with Crippen LogP contribution in [0.2, 0.25) is 0 Å². The second kappa shape index (κ2) is 7.06. The van der Waals surface area contributed by atoms with Crippen molar-refractivity contribution in [2.75, 3.05) is 5.32 Å². The number of nitrogens with one attached hydrogen (secondary N) is 1. The summed E-state index contributed by atoms with van der Waals surface area (Å²) in [5.74, 6) is 1.24. The van der Waals surface area contributed by atoms with E-state index in [-0.39, 0.29) is 11.8 Å². The fourth-order valence-corrected chi connectivity index (χ4v) is 5.22. The first-order chi connectivity index (χ1) is 14.4. The molecule has 1 aliphatic rings. The summed E-state index contributed by atoms with van der Waals surface area (Å²) in [5.41, 5.74) is 6.62. The van der Waals surface area contributed by atoms with Crippen molar-refractivity contribution < 1.29 is 4.79 Å². The quantitative estimate of drug-likeness (QED) is 0.466. The minimum atomic E-state index is 0.000310. The van der Waals surface area contributed by atoms with E-state index in [1.165, 1.54) is 11.1 Å². The fourth-order valence-electron chi connectivity index (χ4n) is 4.19. The van der Waals surface area contributed by atoms with Crippen molar-refractivity contribution in [2.24, 2.45) is 0 Å². The molecule has 5 nitrogen and oxygen atoms in total. The molecule has 0 radical (unpaired) electrons. The number of hydrogen-bond acceptors (Lipinski definition) is 4. The normalized spacial score (nSPS) is 16.2. The van der Waals surface area contributed by atoms with Crippen molar-refractivity contribution in [3.05, 3.63) is 70.4 Å². The second-order valence-electron chi connectivity index (χ2n) is 8.35. The Labute approximate surface area is 179 Å². The van der Waals surface area contributed by atoms with Gasteiger partial charge in [0.2, 0.25) is 11.0 Å². The van der Waals surface area contributed by atoms with Crippen LogP contribution in [0, 0.1) is 13.8 Å². The van der Waals surface area contributed by atoms with Gasteiger partial charge in [-0.05, 0) is 48.6 Å². The highest BCUT2D eigenvalue weighted by Gasteiger charge is 2.33. The van der Waals surface area contributed by atoms with E-state index < -0.39 is 0 Å². The molecule has 1 aliphatic heterocycles. The number of benzene rings is 2. The number of hydrogen-bond donors (Lipinski definition) is 1. The van der Waals surface area contributed by atoms with E-state index in [9.17, 15) is 4.79 Å². The number of aryl methyl sites for hydroxylation is 2. The van der Waals surface area contributed by atoms with Gasteiger partial charge in [0.05, 0.1) is 15.9 Å². The first kappa shape index (κ1) is 19.0. The molecule has 0 saturated carbocycles. The molecule has 0 saturated heterocycles. The van der Waals surface area contributed by atoms with Crippen molar-refractivity contribution in [2.45, 2.75) is 46.0 Å². The lowest BCUT2D eigenvalue weighted by Crippen LogP contribution is -2.24. The molecule has 2 aromatic carbocycles. The van der Waals surface area contributed by atoms with E-state index in [1.807, 2.05) is 13.0 Å². The van der Waals surface area contributed by atoms with Crippen LogP contribution in [0.25, 0.3) is 15.3 Å². The molecule has 4 aromatic rings. The SMILES string of the molecule is Cc1ccc2nc(-n3nc(C)c4c3NC(=O)C[C@@H]4c3ccc(C(C)C)cc3)sc2c1. The van der Waals surface area contributed by atoms with Gasteiger partial charge in [-0.15, -0.1) is 0 Å². The summed E-state index contributed by atoms with van der Waals surface area (Å²) in [6.07, 6.45) is 0.430. The summed E-state index contributed by atoms with van der Waals surface area (Å²) in [7, 11) is 0. The lowest BCUT2D eigenvalue weighted by molar-refractivity contribution is -0.116. The molecule has 1 N–H and O–H groups in total. The zero-order chi connectivity index (χ0) is 21.0. The van der Waals surface area contributed by atoms with Crippen LogP contribution in [0.15, 0.2) is 42.5 Å². The third-order valence-electron chi connectivity index (χ3n) is 5.82. The third-order valence-corrected chi connectivity index (χ3v) is 6.82. The highest BCUT2D eigenvalue weighted by molar-refractivity contribution is 7.20. The molecule has 2 aromatic heterocycles. The number of amides is 1. The van der Waals surface area contributed by atoms with Crippen LogP contribution in [0.4, 0.5) is 5.82 Å². The van der Waals surface area contributed by atoms with E-state index in [1.54, 1.807) is 16.0 Å². The number of fused-ring (bicyclic) bond motifs is 2. The van der Waals surface area contributed by atoms with E-state index in [2.05, 4.69) is 62.5 Å². The molecular formula is C24H24N4OS. The first-order valence-corrected chi connectivity index (χ1v) is 11.1. The zero-order valence-corrected chi connectivity index (χ0v) is 18.4. The van der Waals surface area contributed by atoms with Crippen molar-refractivity contribution in [3.63, 3.8) is 0 Å². The van der Waals surface area contributed by atoms with Gasteiger partial charge in [-0.25, -0.2) is 4.98 Å². The van der Waals surface area contributed by atoms with E-state index >= 15 is 0 Å². The Hall–Kier alpha value is -2.99. The Kier molecular flexibility index (Phi) is 4.47. The molecule has 0 spiro atoms. The van der Waals surface area contributed by atoms with Gasteiger partial charge in [0.15, 0.2) is 0 Å². The van der Waals surface area contributed by atoms with Gasteiger partial charge in [-0.3, -0.25) is 4.79 Å². The van der Waals surface area contributed by atoms with Crippen LogP contribution >= 0.6 is 11.3 Å². The monoisotopic (exact) mass is 416 g/mol. The first-order valence-electron chi connectivity index (χ1n) is 10.3. The molecule has 0 aliphatic carbocycles. The van der Waals surface area contributed by atoms with Crippen LogP contribution in [0.3, 0.4) is 0 Å². The van der Waals surface area contributed by atoms with E-state index in [4.69, 9.17) is 10.1 Å². The number of thiazole rings is 1. The average Bonchev–Trinajstić information content (AvgIpc) is 3.28. The highest BCUT2D eigenvalue weighted by Crippen LogP contribution is 2.41. The molecule has 1 amide bonds. The predicted molar refractivity (Wildman–Crippen MR) is 122 cm³/mol. The van der Waals surface area contributed by atoms with Crippen LogP contribution in [0.5, 0.6) is 0 Å². The minimum Gasteiger partial charge on any atom is -0.310 e. The Morgan fingerprint density at radius 3 is 2.63 bits per heavy atom. The van der Waals surface area contributed by atoms with Gasteiger partial charge in [-0.1, -0.05) is 55.5 Å². The second-order valence-corrected chi connectivity index (χ2v) is 9.36. The lowest BCUT2D eigenvalue weighted by Gasteiger charge is -2.24. The number of rotatable bonds is 3. The summed E-state index contributed by atoms with van der Waals surface area (Å²) >= 11 is 1.59. The summed E-state index contributed by atoms with van der Waals surface area (Å²) in [6, 6.07) is 14.9. The summed E-state index contributed by atoms with van der Waals surface area (Å²) in [5, 5.41) is 8.62. The number of nitrogens with zero attached hydrogens (tertiary/aromatic N) is 3. The van der Waals surface area contributed by atoms with Crippen LogP contribution < -0.4 is 5.32 Å². The molecule has 0 unspecified atom stereocenters. The highest BCUT2D eigenvalue weighted by atomic mass is 32.1. The maximum Gasteiger partial charge on any atom is 0.226 e. The van der Waals surface area contributed by atoms with Crippen LogP contribution in [0.1, 0.15) is 60.1 Å². The fraction of sp³-hybridized carbons (Fsp3) is 0.292. The van der Waals surface area contributed by atoms with Crippen molar-refractivity contribution >= 4 is 33.3 Å². The van der Waals surface area contributed by atoms with E-state index in [0.29, 0.717) is 12.3 Å². The van der Waals surface area contributed by atoms with E-state index in [0.717, 1.165) is 38.0 Å². The van der Waals surface area contributed by atoms with Crippen molar-refractivity contribution in [1.82, 2.24) is 14.8 Å². The summed E-state index contributed by atoms with van der Waals surface area (Å²) in [4.78, 5) is 17.4. The topological polar surface area (TPSA) is 59.8 Å². The Balaban J connectivity index is 1.62. The minimum absolute atomic E-state index is 0.000310. The Morgan fingerprint density at radius 1 is 1.13 bits per heavy atom. The standard InChI is InChI=1S/C24H24N4OS/c1-13(2)16-6-8-17(9-7-16)18-12-21(29)26-23-22(18)15(4)27-28(23)24-25-19-10-5-14(3)11-20(19)30-24/h5-11,13,18H,12H2,1-4H3,(H,26,29)/t18-/m1/s1. The molecule has 0 bridgehead atoms. The summed E-state index contributed by atoms with van der Waals surface area (Å²) < 4.78 is 2.92. The lowest BCUT2D eigenvalue weighted by atomic mass is 9.85. The van der Waals surface area contributed by atoms with Crippen LogP contribution in [-0.2, 0) is 4.79 Å². The average molecular weight is 417 g/mol. The maximum atomic E-state index is 12.6. The molecule has 0 fully saturated rings. The third kappa shape index (κ3) is 3.12. The molecular weight excluding hydrogens is 392 g/mol. The van der Waals surface area contributed by atoms with Crippen molar-refractivity contribution in [1.29, 1.82) is 0 Å². The van der Waals surface area contributed by atoms with Gasteiger partial charge in [0.1, 0.15) is 5.82 Å². The Bertz CT molecular complexity index is 1270. The van der Waals surface area contributed by atoms with Crippen LogP contribution in [-0.4, -0.2) is 20.7 Å². The number of carbonyl (C=O) groups excluding carboxylic acids is 1.